The number of aromatic nitrogens is 1. The van der Waals surface area contributed by atoms with E-state index < -0.39 is 11.8 Å². The summed E-state index contributed by atoms with van der Waals surface area (Å²) in [6, 6.07) is 14.8. The molecule has 3 rings (SSSR count). The van der Waals surface area contributed by atoms with Gasteiger partial charge in [0.05, 0.1) is 25.6 Å². The van der Waals surface area contributed by atoms with Crippen molar-refractivity contribution < 1.29 is 9.59 Å². The van der Waals surface area contributed by atoms with Crippen molar-refractivity contribution in [2.45, 2.75) is 6.92 Å². The minimum Gasteiger partial charge on any atom is -0.268 e. The van der Waals surface area contributed by atoms with Gasteiger partial charge in [-0.05, 0) is 58.7 Å². The van der Waals surface area contributed by atoms with Crippen LogP contribution in [-0.4, -0.2) is 16.8 Å². The molecule has 0 saturated carbocycles. The lowest BCUT2D eigenvalue weighted by atomic mass is 10.1. The van der Waals surface area contributed by atoms with Crippen molar-refractivity contribution in [1.29, 1.82) is 0 Å². The summed E-state index contributed by atoms with van der Waals surface area (Å²) in [7, 11) is 0. The molecule has 0 atom stereocenters. The van der Waals surface area contributed by atoms with Crippen LogP contribution in [0, 0.1) is 6.92 Å². The highest BCUT2D eigenvalue weighted by atomic mass is 79.9. The maximum Gasteiger partial charge on any atom is 0.268 e. The third-order valence-corrected chi connectivity index (χ3v) is 5.03. The Morgan fingerprint density at radius 2 is 1.41 bits per heavy atom. The zero-order chi connectivity index (χ0) is 19.6. The largest absolute Gasteiger partial charge is 0.268 e. The molecule has 27 heavy (non-hydrogen) atoms. The van der Waals surface area contributed by atoms with E-state index in [2.05, 4.69) is 20.9 Å². The summed E-state index contributed by atoms with van der Waals surface area (Å²) >= 11 is 15.8. The van der Waals surface area contributed by atoms with Crippen LogP contribution in [0.5, 0.6) is 0 Å². The van der Waals surface area contributed by atoms with Crippen molar-refractivity contribution >= 4 is 56.8 Å². The van der Waals surface area contributed by atoms with E-state index in [1.54, 1.807) is 60.8 Å². The van der Waals surface area contributed by atoms with E-state index in [1.165, 1.54) is 0 Å². The number of nitrogens with zero attached hydrogens (tertiary/aromatic N) is 2. The van der Waals surface area contributed by atoms with E-state index in [0.717, 1.165) is 10.5 Å². The molecular formula is C20H13BrCl2N2O2. The minimum absolute atomic E-state index is 0.162. The molecule has 0 radical (unpaired) electrons. The van der Waals surface area contributed by atoms with Gasteiger partial charge in [0.25, 0.3) is 11.8 Å². The zero-order valence-corrected chi connectivity index (χ0v) is 17.2. The summed E-state index contributed by atoms with van der Waals surface area (Å²) in [5.74, 6) is -1.03. The lowest BCUT2D eigenvalue weighted by molar-refractivity contribution is 0.0896. The Morgan fingerprint density at radius 3 is 1.85 bits per heavy atom. The number of pyridine rings is 1. The molecule has 136 valence electrons. The van der Waals surface area contributed by atoms with E-state index in [-0.39, 0.29) is 27.0 Å². The van der Waals surface area contributed by atoms with E-state index in [9.17, 15) is 9.59 Å². The smallest absolute Gasteiger partial charge is 0.268 e. The minimum atomic E-state index is -0.595. The molecule has 0 spiro atoms. The monoisotopic (exact) mass is 462 g/mol. The first-order valence-corrected chi connectivity index (χ1v) is 9.45. The van der Waals surface area contributed by atoms with Crippen molar-refractivity contribution in [3.05, 3.63) is 92.0 Å². The zero-order valence-electron chi connectivity index (χ0n) is 14.1. The Balaban J connectivity index is 2.18. The number of halogens is 3. The fraction of sp³-hybridized carbons (Fsp3) is 0.0500. The molecule has 2 aromatic carbocycles. The van der Waals surface area contributed by atoms with Gasteiger partial charge in [0, 0.05) is 6.20 Å². The third kappa shape index (κ3) is 4.05. The quantitative estimate of drug-likeness (QED) is 0.451. The van der Waals surface area contributed by atoms with E-state index in [1.807, 2.05) is 6.92 Å². The Labute approximate surface area is 174 Å². The van der Waals surface area contributed by atoms with Gasteiger partial charge in [0.15, 0.2) is 5.82 Å². The maximum atomic E-state index is 13.2. The fourth-order valence-corrected chi connectivity index (χ4v) is 3.56. The van der Waals surface area contributed by atoms with E-state index >= 15 is 0 Å². The Morgan fingerprint density at radius 1 is 0.926 bits per heavy atom. The number of carbonyl (C=O) groups is 2. The maximum absolute atomic E-state index is 13.2. The van der Waals surface area contributed by atoms with Gasteiger partial charge in [-0.2, -0.15) is 0 Å². The number of benzene rings is 2. The number of aryl methyl sites for hydroxylation is 1. The summed E-state index contributed by atoms with van der Waals surface area (Å²) in [5, 5.41) is 0.477. The normalized spacial score (nSPS) is 10.5. The molecule has 0 saturated heterocycles. The predicted molar refractivity (Wildman–Crippen MR) is 111 cm³/mol. The van der Waals surface area contributed by atoms with Crippen LogP contribution in [0.15, 0.2) is 65.3 Å². The summed E-state index contributed by atoms with van der Waals surface area (Å²) in [5.41, 5.74) is 1.25. The molecule has 0 fully saturated rings. The standard InChI is InChI=1S/C20H13BrCl2N2O2/c1-12-10-15(21)18(24-11-12)25(19(26)13-6-2-4-8-16(13)22)20(27)14-7-3-5-9-17(14)23/h2-11H,1H3. The van der Waals surface area contributed by atoms with Crippen molar-refractivity contribution in [3.63, 3.8) is 0 Å². The second kappa shape index (κ2) is 8.21. The van der Waals surface area contributed by atoms with Crippen LogP contribution < -0.4 is 4.90 Å². The second-order valence-corrected chi connectivity index (χ2v) is 7.39. The number of hydrogen-bond donors (Lipinski definition) is 0. The van der Waals surface area contributed by atoms with Crippen LogP contribution in [0.25, 0.3) is 0 Å². The second-order valence-electron chi connectivity index (χ2n) is 5.72. The molecule has 0 bridgehead atoms. The molecule has 0 N–H and O–H groups in total. The first kappa shape index (κ1) is 19.5. The Bertz CT molecular complexity index is 982. The molecule has 0 aliphatic rings. The van der Waals surface area contributed by atoms with Crippen LogP contribution in [-0.2, 0) is 0 Å². The summed E-state index contributed by atoms with van der Waals surface area (Å²) < 4.78 is 0.503. The van der Waals surface area contributed by atoms with Crippen LogP contribution in [0.2, 0.25) is 10.0 Å². The van der Waals surface area contributed by atoms with Gasteiger partial charge in [-0.25, -0.2) is 9.88 Å². The molecule has 0 aliphatic carbocycles. The van der Waals surface area contributed by atoms with Gasteiger partial charge in [-0.15, -0.1) is 0 Å². The highest BCUT2D eigenvalue weighted by molar-refractivity contribution is 9.10. The number of imide groups is 1. The lowest BCUT2D eigenvalue weighted by Crippen LogP contribution is -2.38. The van der Waals surface area contributed by atoms with Gasteiger partial charge in [0.2, 0.25) is 0 Å². The Kier molecular flexibility index (Phi) is 5.95. The van der Waals surface area contributed by atoms with Crippen LogP contribution >= 0.6 is 39.1 Å². The van der Waals surface area contributed by atoms with Gasteiger partial charge in [0.1, 0.15) is 0 Å². The topological polar surface area (TPSA) is 50.3 Å². The molecule has 2 amide bonds. The Hall–Kier alpha value is -2.21. The fourth-order valence-electron chi connectivity index (χ4n) is 2.49. The van der Waals surface area contributed by atoms with Crippen LogP contribution in [0.4, 0.5) is 5.82 Å². The number of rotatable bonds is 3. The molecule has 3 aromatic rings. The summed E-state index contributed by atoms with van der Waals surface area (Å²) in [6.07, 6.45) is 1.58. The van der Waals surface area contributed by atoms with Crippen molar-refractivity contribution in [2.75, 3.05) is 4.90 Å². The van der Waals surface area contributed by atoms with Gasteiger partial charge < -0.3 is 0 Å². The molecule has 0 unspecified atom stereocenters. The number of hydrogen-bond acceptors (Lipinski definition) is 3. The SMILES string of the molecule is Cc1cnc(N(C(=O)c2ccccc2Cl)C(=O)c2ccccc2Cl)c(Br)c1. The predicted octanol–water partition coefficient (Wildman–Crippen LogP) is 5.95. The average Bonchev–Trinajstić information content (AvgIpc) is 2.64. The average molecular weight is 464 g/mol. The first-order valence-electron chi connectivity index (χ1n) is 7.90. The number of carbonyl (C=O) groups excluding carboxylic acids is 2. The number of amides is 2. The lowest BCUT2D eigenvalue weighted by Gasteiger charge is -2.22. The summed E-state index contributed by atoms with van der Waals surface area (Å²) in [6.45, 7) is 1.86. The van der Waals surface area contributed by atoms with E-state index in [0.29, 0.717) is 4.47 Å². The highest BCUT2D eigenvalue weighted by Crippen LogP contribution is 2.30. The van der Waals surface area contributed by atoms with Gasteiger partial charge in [-0.1, -0.05) is 47.5 Å². The van der Waals surface area contributed by atoms with Crippen molar-refractivity contribution in [1.82, 2.24) is 4.98 Å². The first-order chi connectivity index (χ1) is 12.9. The molecule has 0 aliphatic heterocycles. The molecule has 1 aromatic heterocycles. The molecule has 7 heteroatoms. The molecule has 1 heterocycles. The highest BCUT2D eigenvalue weighted by Gasteiger charge is 2.30. The van der Waals surface area contributed by atoms with Crippen LogP contribution in [0.1, 0.15) is 26.3 Å². The summed E-state index contributed by atoms with van der Waals surface area (Å²) in [4.78, 5) is 31.8. The molecular weight excluding hydrogens is 451 g/mol. The van der Waals surface area contributed by atoms with Crippen LogP contribution in [0.3, 0.4) is 0 Å². The van der Waals surface area contributed by atoms with Crippen molar-refractivity contribution in [3.8, 4) is 0 Å². The molecule has 4 nitrogen and oxygen atoms in total. The van der Waals surface area contributed by atoms with Gasteiger partial charge >= 0.3 is 0 Å². The third-order valence-electron chi connectivity index (χ3n) is 3.78. The van der Waals surface area contributed by atoms with Crippen molar-refractivity contribution in [2.24, 2.45) is 0 Å². The van der Waals surface area contributed by atoms with E-state index in [4.69, 9.17) is 23.2 Å². The van der Waals surface area contributed by atoms with Gasteiger partial charge in [-0.3, -0.25) is 9.59 Å². The number of anilines is 1.